The second kappa shape index (κ2) is 7.15. The summed E-state index contributed by atoms with van der Waals surface area (Å²) < 4.78 is 6.21. The van der Waals surface area contributed by atoms with Gasteiger partial charge >= 0.3 is 0 Å². The maximum absolute atomic E-state index is 13.2. The fourth-order valence-corrected chi connectivity index (χ4v) is 4.92. The molecular formula is C18H29N3O5. The third-order valence-corrected chi connectivity index (χ3v) is 5.84. The van der Waals surface area contributed by atoms with Crippen molar-refractivity contribution in [2.24, 2.45) is 11.8 Å². The highest BCUT2D eigenvalue weighted by Gasteiger charge is 2.74. The van der Waals surface area contributed by atoms with Crippen LogP contribution in [0.5, 0.6) is 0 Å². The molecular weight excluding hydrogens is 338 g/mol. The molecule has 3 aliphatic heterocycles. The van der Waals surface area contributed by atoms with Crippen LogP contribution >= 0.6 is 0 Å². The predicted octanol–water partition coefficient (Wildman–Crippen LogP) is -0.596. The maximum atomic E-state index is 13.2. The Morgan fingerprint density at radius 2 is 2.08 bits per heavy atom. The van der Waals surface area contributed by atoms with E-state index in [-0.39, 0.29) is 36.5 Å². The van der Waals surface area contributed by atoms with Crippen molar-refractivity contribution in [3.63, 3.8) is 0 Å². The monoisotopic (exact) mass is 367 g/mol. The first kappa shape index (κ1) is 19.1. The summed E-state index contributed by atoms with van der Waals surface area (Å²) in [6.07, 6.45) is 2.14. The molecule has 8 heteroatoms. The lowest BCUT2D eigenvalue weighted by molar-refractivity contribution is -0.142. The standard InChI is InChI=1S/C18H29N3O5/c1-10(2)20-16(24)14-18-7-6-11(26-18)12(15(23)19-3)13(18)17(25)21(14)8-4-5-9-22/h10-14,22H,4-9H2,1-3H3,(H,19,23)(H,20,24)/t11-,12+,13-,14?,18?/m0/s1. The Balaban J connectivity index is 1.95. The van der Waals surface area contributed by atoms with Crippen molar-refractivity contribution in [3.8, 4) is 0 Å². The van der Waals surface area contributed by atoms with Gasteiger partial charge in [0.05, 0.1) is 17.9 Å². The molecule has 8 nitrogen and oxygen atoms in total. The number of likely N-dealkylation sites (tertiary alicyclic amines) is 1. The molecule has 5 atom stereocenters. The van der Waals surface area contributed by atoms with Gasteiger partial charge in [0.2, 0.25) is 17.7 Å². The van der Waals surface area contributed by atoms with Crippen molar-refractivity contribution in [1.29, 1.82) is 0 Å². The van der Waals surface area contributed by atoms with Crippen LogP contribution in [0.2, 0.25) is 0 Å². The topological polar surface area (TPSA) is 108 Å². The number of carbonyl (C=O) groups excluding carboxylic acids is 3. The third-order valence-electron chi connectivity index (χ3n) is 5.84. The number of hydrogen-bond donors (Lipinski definition) is 3. The first-order valence-electron chi connectivity index (χ1n) is 9.48. The number of amides is 3. The Kier molecular flexibility index (Phi) is 5.25. The van der Waals surface area contributed by atoms with Gasteiger partial charge in [0.15, 0.2) is 0 Å². The van der Waals surface area contributed by atoms with Gasteiger partial charge in [-0.1, -0.05) is 0 Å². The highest BCUT2D eigenvalue weighted by atomic mass is 16.5. The molecule has 2 unspecified atom stereocenters. The summed E-state index contributed by atoms with van der Waals surface area (Å²) in [5.74, 6) is -1.76. The minimum atomic E-state index is -0.920. The largest absolute Gasteiger partial charge is 0.396 e. The van der Waals surface area contributed by atoms with E-state index < -0.39 is 23.5 Å². The Morgan fingerprint density at radius 3 is 2.69 bits per heavy atom. The van der Waals surface area contributed by atoms with Crippen molar-refractivity contribution in [2.45, 2.75) is 63.3 Å². The number of fused-ring (bicyclic) bond motifs is 1. The van der Waals surface area contributed by atoms with Gasteiger partial charge in [-0.25, -0.2) is 0 Å². The number of hydrogen-bond acceptors (Lipinski definition) is 5. The predicted molar refractivity (Wildman–Crippen MR) is 93.0 cm³/mol. The quantitative estimate of drug-likeness (QED) is 0.521. The van der Waals surface area contributed by atoms with Crippen LogP contribution in [-0.2, 0) is 19.1 Å². The molecule has 0 saturated carbocycles. The number of nitrogens with zero attached hydrogens (tertiary/aromatic N) is 1. The molecule has 3 heterocycles. The van der Waals surface area contributed by atoms with Crippen molar-refractivity contribution in [2.75, 3.05) is 20.2 Å². The van der Waals surface area contributed by atoms with Crippen LogP contribution in [0.25, 0.3) is 0 Å². The number of unbranched alkanes of at least 4 members (excludes halogenated alkanes) is 1. The van der Waals surface area contributed by atoms with Crippen molar-refractivity contribution >= 4 is 17.7 Å². The van der Waals surface area contributed by atoms with E-state index in [0.717, 1.165) is 0 Å². The Morgan fingerprint density at radius 1 is 1.35 bits per heavy atom. The van der Waals surface area contributed by atoms with E-state index in [1.165, 1.54) is 0 Å². The summed E-state index contributed by atoms with van der Waals surface area (Å²) in [5.41, 5.74) is -0.920. The van der Waals surface area contributed by atoms with Gasteiger partial charge in [0.25, 0.3) is 0 Å². The Bertz CT molecular complexity index is 595. The van der Waals surface area contributed by atoms with E-state index in [0.29, 0.717) is 32.2 Å². The summed E-state index contributed by atoms with van der Waals surface area (Å²) >= 11 is 0. The molecule has 0 aromatic rings. The summed E-state index contributed by atoms with van der Waals surface area (Å²) in [7, 11) is 1.56. The molecule has 3 N–H and O–H groups in total. The Hall–Kier alpha value is -1.67. The van der Waals surface area contributed by atoms with Gasteiger partial charge in [0, 0.05) is 26.2 Å². The smallest absolute Gasteiger partial charge is 0.246 e. The molecule has 26 heavy (non-hydrogen) atoms. The van der Waals surface area contributed by atoms with Crippen LogP contribution in [0.3, 0.4) is 0 Å². The summed E-state index contributed by atoms with van der Waals surface area (Å²) in [6, 6.07) is -0.776. The van der Waals surface area contributed by atoms with Crippen LogP contribution in [-0.4, -0.2) is 71.7 Å². The first-order valence-corrected chi connectivity index (χ1v) is 9.48. The van der Waals surface area contributed by atoms with Gasteiger partial charge in [0.1, 0.15) is 11.6 Å². The molecule has 0 aromatic heterocycles. The van der Waals surface area contributed by atoms with Crippen LogP contribution in [0.4, 0.5) is 0 Å². The Labute approximate surface area is 153 Å². The lowest BCUT2D eigenvalue weighted by Gasteiger charge is -2.34. The second-order valence-electron chi connectivity index (χ2n) is 7.80. The second-order valence-corrected chi connectivity index (χ2v) is 7.80. The normalized spacial score (nSPS) is 35.1. The zero-order chi connectivity index (χ0) is 19.1. The number of rotatable bonds is 7. The molecule has 0 aliphatic carbocycles. The van der Waals surface area contributed by atoms with E-state index in [1.54, 1.807) is 11.9 Å². The molecule has 0 radical (unpaired) electrons. The van der Waals surface area contributed by atoms with Crippen molar-refractivity contribution in [1.82, 2.24) is 15.5 Å². The zero-order valence-corrected chi connectivity index (χ0v) is 15.7. The average Bonchev–Trinajstić information content (AvgIpc) is 3.21. The molecule has 146 valence electrons. The molecule has 3 rings (SSSR count). The molecule has 3 amide bonds. The fourth-order valence-electron chi connectivity index (χ4n) is 4.92. The van der Waals surface area contributed by atoms with E-state index in [9.17, 15) is 14.4 Å². The minimum Gasteiger partial charge on any atom is -0.396 e. The van der Waals surface area contributed by atoms with Crippen molar-refractivity contribution < 1.29 is 24.2 Å². The summed E-state index contributed by atoms with van der Waals surface area (Å²) in [6.45, 7) is 4.17. The number of aliphatic hydroxyl groups is 1. The third kappa shape index (κ3) is 2.79. The first-order chi connectivity index (χ1) is 12.4. The lowest BCUT2D eigenvalue weighted by atomic mass is 9.70. The van der Waals surface area contributed by atoms with Gasteiger partial charge in [-0.15, -0.1) is 0 Å². The van der Waals surface area contributed by atoms with Gasteiger partial charge in [-0.3, -0.25) is 14.4 Å². The van der Waals surface area contributed by atoms with Crippen molar-refractivity contribution in [3.05, 3.63) is 0 Å². The molecule has 3 saturated heterocycles. The number of aliphatic hydroxyl groups excluding tert-OH is 1. The molecule has 0 aromatic carbocycles. The summed E-state index contributed by atoms with van der Waals surface area (Å²) in [5, 5.41) is 14.6. The van der Waals surface area contributed by atoms with Gasteiger partial charge in [-0.05, 0) is 39.5 Å². The number of nitrogens with one attached hydrogen (secondary N) is 2. The average molecular weight is 367 g/mol. The maximum Gasteiger partial charge on any atom is 0.246 e. The van der Waals surface area contributed by atoms with E-state index in [4.69, 9.17) is 9.84 Å². The van der Waals surface area contributed by atoms with Crippen LogP contribution < -0.4 is 10.6 Å². The minimum absolute atomic E-state index is 0.0406. The highest BCUT2D eigenvalue weighted by Crippen LogP contribution is 2.58. The highest BCUT2D eigenvalue weighted by molar-refractivity contribution is 5.98. The van der Waals surface area contributed by atoms with Crippen LogP contribution in [0, 0.1) is 11.8 Å². The van der Waals surface area contributed by atoms with Gasteiger partial charge < -0.3 is 25.4 Å². The van der Waals surface area contributed by atoms with Crippen LogP contribution in [0.15, 0.2) is 0 Å². The molecule has 3 fully saturated rings. The summed E-state index contributed by atoms with van der Waals surface area (Å²) in [4.78, 5) is 40.2. The fraction of sp³-hybridized carbons (Fsp3) is 0.833. The van der Waals surface area contributed by atoms with E-state index in [1.807, 2.05) is 13.8 Å². The van der Waals surface area contributed by atoms with E-state index >= 15 is 0 Å². The zero-order valence-electron chi connectivity index (χ0n) is 15.7. The molecule has 1 spiro atoms. The van der Waals surface area contributed by atoms with Crippen LogP contribution in [0.1, 0.15) is 39.5 Å². The molecule has 3 aliphatic rings. The number of carbonyl (C=O) groups is 3. The van der Waals surface area contributed by atoms with E-state index in [2.05, 4.69) is 10.6 Å². The molecule has 2 bridgehead atoms. The number of ether oxygens (including phenoxy) is 1. The lowest BCUT2D eigenvalue weighted by Crippen LogP contribution is -2.56. The SMILES string of the molecule is CNC(=O)[C@@H]1[C@@H]2CCC3(O2)C(C(=O)NC(C)C)N(CCCCO)C(=O)[C@H]13. The van der Waals surface area contributed by atoms with Gasteiger partial charge in [-0.2, -0.15) is 0 Å².